The molecule has 0 aromatic heterocycles. The predicted molar refractivity (Wildman–Crippen MR) is 112 cm³/mol. The van der Waals surface area contributed by atoms with Crippen LogP contribution in [0.3, 0.4) is 0 Å². The van der Waals surface area contributed by atoms with Gasteiger partial charge in [0.05, 0.1) is 6.42 Å². The summed E-state index contributed by atoms with van der Waals surface area (Å²) in [4.78, 5) is 16.9. The zero-order chi connectivity index (χ0) is 19.8. The highest BCUT2D eigenvalue weighted by Crippen LogP contribution is 2.17. The number of benzene rings is 2. The summed E-state index contributed by atoms with van der Waals surface area (Å²) < 4.78 is 12.9. The van der Waals surface area contributed by atoms with Crippen molar-refractivity contribution in [2.75, 3.05) is 44.2 Å². The first-order valence-electron chi connectivity index (χ1n) is 10.2. The van der Waals surface area contributed by atoms with Crippen LogP contribution in [0.25, 0.3) is 0 Å². The third kappa shape index (κ3) is 6.34. The fourth-order valence-corrected chi connectivity index (χ4v) is 3.59. The van der Waals surface area contributed by atoms with Gasteiger partial charge in [0.2, 0.25) is 5.91 Å². The van der Waals surface area contributed by atoms with Crippen LogP contribution in [0.15, 0.2) is 48.5 Å². The number of hydrogen-bond donors (Lipinski definition) is 1. The van der Waals surface area contributed by atoms with Gasteiger partial charge in [0.1, 0.15) is 5.82 Å². The first-order valence-corrected chi connectivity index (χ1v) is 10.2. The fourth-order valence-electron chi connectivity index (χ4n) is 3.59. The second-order valence-electron chi connectivity index (χ2n) is 7.53. The molecule has 1 fully saturated rings. The zero-order valence-electron chi connectivity index (χ0n) is 16.7. The van der Waals surface area contributed by atoms with Gasteiger partial charge in [0.25, 0.3) is 0 Å². The molecule has 0 aliphatic carbocycles. The van der Waals surface area contributed by atoms with E-state index in [0.717, 1.165) is 51.1 Å². The Balaban J connectivity index is 1.27. The highest BCUT2D eigenvalue weighted by atomic mass is 19.1. The van der Waals surface area contributed by atoms with Gasteiger partial charge < -0.3 is 10.2 Å². The van der Waals surface area contributed by atoms with Crippen molar-refractivity contribution in [1.29, 1.82) is 0 Å². The lowest BCUT2D eigenvalue weighted by Gasteiger charge is -2.36. The summed E-state index contributed by atoms with van der Waals surface area (Å²) in [6.07, 6.45) is 2.37. The first-order chi connectivity index (χ1) is 13.6. The molecular weight excluding hydrogens is 353 g/mol. The number of aryl methyl sites for hydroxylation is 1. The number of carbonyl (C=O) groups excluding carboxylic acids is 1. The number of rotatable bonds is 8. The van der Waals surface area contributed by atoms with Crippen molar-refractivity contribution in [3.05, 3.63) is 65.5 Å². The SMILES string of the molecule is Cc1cccc(N2CCN(CCCCNC(=O)Cc3ccc(F)cc3)CC2)c1. The quantitative estimate of drug-likeness (QED) is 0.710. The van der Waals surface area contributed by atoms with Gasteiger partial charge >= 0.3 is 0 Å². The van der Waals surface area contributed by atoms with E-state index in [-0.39, 0.29) is 11.7 Å². The average Bonchev–Trinajstić information content (AvgIpc) is 2.70. The van der Waals surface area contributed by atoms with Crippen molar-refractivity contribution in [3.8, 4) is 0 Å². The lowest BCUT2D eigenvalue weighted by atomic mass is 10.1. The third-order valence-corrected chi connectivity index (χ3v) is 5.24. The van der Waals surface area contributed by atoms with Gasteiger partial charge in [-0.3, -0.25) is 9.69 Å². The minimum Gasteiger partial charge on any atom is -0.369 e. The van der Waals surface area contributed by atoms with Gasteiger partial charge in [0, 0.05) is 38.4 Å². The van der Waals surface area contributed by atoms with Crippen molar-refractivity contribution in [3.63, 3.8) is 0 Å². The summed E-state index contributed by atoms with van der Waals surface area (Å²) in [6.45, 7) is 8.22. The molecule has 28 heavy (non-hydrogen) atoms. The maximum Gasteiger partial charge on any atom is 0.224 e. The van der Waals surface area contributed by atoms with E-state index in [1.807, 2.05) is 0 Å². The Hall–Kier alpha value is -2.40. The van der Waals surface area contributed by atoms with Gasteiger partial charge in [-0.25, -0.2) is 4.39 Å². The molecule has 0 unspecified atom stereocenters. The number of amides is 1. The van der Waals surface area contributed by atoms with Crippen molar-refractivity contribution < 1.29 is 9.18 Å². The highest BCUT2D eigenvalue weighted by Gasteiger charge is 2.16. The summed E-state index contributed by atoms with van der Waals surface area (Å²) in [6, 6.07) is 14.8. The minimum absolute atomic E-state index is 0.00150. The van der Waals surface area contributed by atoms with Gasteiger partial charge in [0.15, 0.2) is 0 Å². The molecule has 1 aliphatic heterocycles. The molecule has 1 N–H and O–H groups in total. The molecule has 0 radical (unpaired) electrons. The number of piperazine rings is 1. The first kappa shape index (κ1) is 20.3. The summed E-state index contributed by atoms with van der Waals surface area (Å²) in [5, 5.41) is 2.96. The number of unbranched alkanes of at least 4 members (excludes halogenated alkanes) is 1. The molecule has 0 spiro atoms. The van der Waals surface area contributed by atoms with Crippen LogP contribution in [-0.2, 0) is 11.2 Å². The molecule has 1 saturated heterocycles. The number of nitrogens with one attached hydrogen (secondary N) is 1. The standard InChI is InChI=1S/C23H30FN3O/c1-19-5-4-6-22(17-19)27-15-13-26(14-16-27)12-3-2-11-25-23(28)18-20-7-9-21(24)10-8-20/h4-10,17H,2-3,11-16,18H2,1H3,(H,25,28). The van der Waals surface area contributed by atoms with Crippen LogP contribution in [0, 0.1) is 12.7 Å². The van der Waals surface area contributed by atoms with E-state index in [1.165, 1.54) is 23.4 Å². The molecule has 0 saturated carbocycles. The molecule has 0 atom stereocenters. The van der Waals surface area contributed by atoms with Crippen molar-refractivity contribution in [1.82, 2.24) is 10.2 Å². The van der Waals surface area contributed by atoms with Crippen LogP contribution in [-0.4, -0.2) is 50.1 Å². The van der Waals surface area contributed by atoms with Gasteiger partial charge in [-0.1, -0.05) is 24.3 Å². The van der Waals surface area contributed by atoms with Crippen LogP contribution in [0.1, 0.15) is 24.0 Å². The Morgan fingerprint density at radius 2 is 1.79 bits per heavy atom. The number of anilines is 1. The van der Waals surface area contributed by atoms with E-state index < -0.39 is 0 Å². The summed E-state index contributed by atoms with van der Waals surface area (Å²) in [7, 11) is 0. The maximum absolute atomic E-state index is 12.9. The van der Waals surface area contributed by atoms with Crippen molar-refractivity contribution in [2.24, 2.45) is 0 Å². The molecule has 4 nitrogen and oxygen atoms in total. The van der Waals surface area contributed by atoms with Gasteiger partial charge in [-0.15, -0.1) is 0 Å². The summed E-state index contributed by atoms with van der Waals surface area (Å²) in [5.41, 5.74) is 3.47. The van der Waals surface area contributed by atoms with Crippen LogP contribution in [0.2, 0.25) is 0 Å². The second-order valence-corrected chi connectivity index (χ2v) is 7.53. The van der Waals surface area contributed by atoms with Crippen LogP contribution in [0.4, 0.5) is 10.1 Å². The van der Waals surface area contributed by atoms with Crippen molar-refractivity contribution in [2.45, 2.75) is 26.2 Å². The number of carbonyl (C=O) groups is 1. The molecule has 2 aromatic carbocycles. The van der Waals surface area contributed by atoms with Crippen molar-refractivity contribution >= 4 is 11.6 Å². The normalized spacial score (nSPS) is 14.9. The van der Waals surface area contributed by atoms with Gasteiger partial charge in [-0.2, -0.15) is 0 Å². The molecule has 5 heteroatoms. The van der Waals surface area contributed by atoms with Gasteiger partial charge in [-0.05, 0) is 61.7 Å². The summed E-state index contributed by atoms with van der Waals surface area (Å²) >= 11 is 0. The molecule has 1 heterocycles. The molecule has 3 rings (SSSR count). The molecule has 0 bridgehead atoms. The Bertz CT molecular complexity index is 755. The minimum atomic E-state index is -0.274. The molecule has 1 amide bonds. The highest BCUT2D eigenvalue weighted by molar-refractivity contribution is 5.78. The van der Waals surface area contributed by atoms with E-state index in [0.29, 0.717) is 13.0 Å². The van der Waals surface area contributed by atoms with E-state index >= 15 is 0 Å². The summed E-state index contributed by atoms with van der Waals surface area (Å²) in [5.74, 6) is -0.276. The maximum atomic E-state index is 12.9. The van der Waals surface area contributed by atoms with E-state index in [9.17, 15) is 9.18 Å². The van der Waals surface area contributed by atoms with E-state index in [4.69, 9.17) is 0 Å². The van der Waals surface area contributed by atoms with Crippen LogP contribution >= 0.6 is 0 Å². The zero-order valence-corrected chi connectivity index (χ0v) is 16.7. The Labute approximate surface area is 167 Å². The monoisotopic (exact) mass is 383 g/mol. The smallest absolute Gasteiger partial charge is 0.224 e. The fraction of sp³-hybridized carbons (Fsp3) is 0.435. The predicted octanol–water partition coefficient (Wildman–Crippen LogP) is 3.40. The topological polar surface area (TPSA) is 35.6 Å². The van der Waals surface area contributed by atoms with E-state index in [1.54, 1.807) is 12.1 Å². The molecule has 2 aromatic rings. The number of halogens is 1. The van der Waals surface area contributed by atoms with Crippen LogP contribution in [0.5, 0.6) is 0 Å². The lowest BCUT2D eigenvalue weighted by molar-refractivity contribution is -0.120. The second kappa shape index (κ2) is 10.2. The Morgan fingerprint density at radius 1 is 1.04 bits per heavy atom. The number of hydrogen-bond acceptors (Lipinski definition) is 3. The largest absolute Gasteiger partial charge is 0.369 e. The molecule has 1 aliphatic rings. The molecular formula is C23H30FN3O. The van der Waals surface area contributed by atoms with Crippen LogP contribution < -0.4 is 10.2 Å². The molecule has 150 valence electrons. The third-order valence-electron chi connectivity index (χ3n) is 5.24. The lowest BCUT2D eigenvalue weighted by Crippen LogP contribution is -2.46. The Kier molecular flexibility index (Phi) is 7.43. The average molecular weight is 384 g/mol. The number of nitrogens with zero attached hydrogens (tertiary/aromatic N) is 2. The Morgan fingerprint density at radius 3 is 2.50 bits per heavy atom. The van der Waals surface area contributed by atoms with E-state index in [2.05, 4.69) is 46.3 Å².